The Morgan fingerprint density at radius 1 is 0.880 bits per heavy atom. The van der Waals surface area contributed by atoms with Gasteiger partial charge in [-0.15, -0.1) is 22.6 Å². The minimum atomic E-state index is -0.776. The van der Waals surface area contributed by atoms with Crippen molar-refractivity contribution >= 4 is 35.8 Å². The summed E-state index contributed by atoms with van der Waals surface area (Å²) in [5.41, 5.74) is 10.7. The molecule has 12 nitrogen and oxygen atoms in total. The second-order valence-electron chi connectivity index (χ2n) is 12.6. The summed E-state index contributed by atoms with van der Waals surface area (Å²) in [4.78, 5) is 41.9. The van der Waals surface area contributed by atoms with E-state index in [1.807, 2.05) is 48.5 Å². The molecule has 0 spiro atoms. The van der Waals surface area contributed by atoms with Gasteiger partial charge in [-0.25, -0.2) is 0 Å². The number of halogens is 1. The number of nitrogens with two attached hydrogens (primary N) is 1. The normalized spacial score (nSPS) is 16.2. The van der Waals surface area contributed by atoms with Crippen LogP contribution in [-0.4, -0.2) is 82.0 Å². The van der Waals surface area contributed by atoms with Crippen molar-refractivity contribution in [3.05, 3.63) is 83.9 Å². The van der Waals surface area contributed by atoms with Crippen molar-refractivity contribution in [2.45, 2.75) is 52.0 Å². The molecule has 6 N–H and O–H groups in total. The molecule has 4 aromatic rings. The molecule has 1 aromatic heterocycles. The second-order valence-corrected chi connectivity index (χ2v) is 12.6. The van der Waals surface area contributed by atoms with E-state index >= 15 is 0 Å². The molecular weight excluding hydrogens is 654 g/mol. The maximum atomic E-state index is 13.6. The molecule has 5 rings (SSSR count). The van der Waals surface area contributed by atoms with E-state index in [1.165, 1.54) is 0 Å². The fourth-order valence-corrected chi connectivity index (χ4v) is 6.23. The van der Waals surface area contributed by atoms with Gasteiger partial charge in [0.15, 0.2) is 0 Å². The Balaban J connectivity index is 0.00000562. The Bertz CT molecular complexity index is 1640. The van der Waals surface area contributed by atoms with Crippen molar-refractivity contribution < 1.29 is 14.4 Å². The smallest absolute Gasteiger partial charge is 0.251 e. The third-order valence-corrected chi connectivity index (χ3v) is 9.42. The fraction of sp³-hybridized carbons (Fsp3) is 0.405. The van der Waals surface area contributed by atoms with Gasteiger partial charge in [-0.3, -0.25) is 14.4 Å². The number of amides is 3. The molecule has 0 saturated heterocycles. The van der Waals surface area contributed by atoms with Gasteiger partial charge in [0.25, 0.3) is 5.91 Å². The van der Waals surface area contributed by atoms with Gasteiger partial charge < -0.3 is 26.6 Å². The van der Waals surface area contributed by atoms with Gasteiger partial charge in [-0.05, 0) is 110 Å². The molecular formula is C37H48ClN9O3. The van der Waals surface area contributed by atoms with Crippen molar-refractivity contribution in [1.82, 2.24) is 36.2 Å². The first-order valence-electron chi connectivity index (χ1n) is 17.2. The lowest BCUT2D eigenvalue weighted by atomic mass is 9.81. The van der Waals surface area contributed by atoms with Crippen molar-refractivity contribution in [2.75, 3.05) is 38.0 Å². The monoisotopic (exact) mass is 701 g/mol. The van der Waals surface area contributed by atoms with Crippen molar-refractivity contribution in [1.29, 1.82) is 0 Å². The van der Waals surface area contributed by atoms with Crippen LogP contribution in [0.1, 0.15) is 55.5 Å². The summed E-state index contributed by atoms with van der Waals surface area (Å²) in [6.45, 7) is 8.20. The number of hydrogen-bond acceptors (Lipinski definition) is 8. The SMILES string of the molecule is CCN(CC)CCNC(=O)c1ccc(-c2ccc(C[C@H](NC(=O)C3CCC(CN)CC3)C(=O)Nc3ccc(-c4nn[nH]n4)cc3)cc2)cc1.Cl. The van der Waals surface area contributed by atoms with Crippen LogP contribution in [0.4, 0.5) is 5.69 Å². The number of H-pyrrole nitrogens is 1. The number of carbonyl (C=O) groups is 3. The predicted octanol–water partition coefficient (Wildman–Crippen LogP) is 4.46. The van der Waals surface area contributed by atoms with Gasteiger partial charge in [-0.1, -0.05) is 50.2 Å². The van der Waals surface area contributed by atoms with E-state index in [9.17, 15) is 14.4 Å². The zero-order valence-electron chi connectivity index (χ0n) is 28.7. The number of anilines is 1. The lowest BCUT2D eigenvalue weighted by Crippen LogP contribution is -2.48. The molecule has 1 aliphatic rings. The highest BCUT2D eigenvalue weighted by Crippen LogP contribution is 2.28. The first-order valence-corrected chi connectivity index (χ1v) is 17.2. The zero-order valence-corrected chi connectivity index (χ0v) is 29.5. The van der Waals surface area contributed by atoms with Gasteiger partial charge in [0.1, 0.15) is 6.04 Å². The zero-order chi connectivity index (χ0) is 34.6. The maximum absolute atomic E-state index is 13.6. The molecule has 3 amide bonds. The number of hydrogen-bond donors (Lipinski definition) is 5. The first-order chi connectivity index (χ1) is 23.9. The molecule has 13 heteroatoms. The third-order valence-electron chi connectivity index (χ3n) is 9.42. The Labute approximate surface area is 299 Å². The van der Waals surface area contributed by atoms with Gasteiger partial charge in [0.2, 0.25) is 17.6 Å². The highest BCUT2D eigenvalue weighted by atomic mass is 35.5. The molecule has 0 aliphatic heterocycles. The van der Waals surface area contributed by atoms with E-state index in [2.05, 4.69) is 55.3 Å². The molecule has 0 bridgehead atoms. The fourth-order valence-electron chi connectivity index (χ4n) is 6.23. The molecule has 3 aromatic carbocycles. The van der Waals surface area contributed by atoms with E-state index in [0.29, 0.717) is 42.5 Å². The third kappa shape index (κ3) is 10.4. The number of aromatic amines is 1. The standard InChI is InChI=1S/C37H47N9O3.ClH/c1-3-46(4-2)22-21-39-35(47)30-15-13-28(14-16-30)27-9-5-25(6-10-27)23-33(41-36(48)31-11-7-26(24-38)8-12-31)37(49)40-32-19-17-29(18-20-32)34-42-44-45-43-34;/h5-6,9-10,13-20,26,31,33H,3-4,7-8,11-12,21-24,38H2,1-2H3,(H,39,47)(H,40,49)(H,41,48)(H,42,43,44,45);1H/t26?,31?,33-;/m0./s1. The maximum Gasteiger partial charge on any atom is 0.251 e. The van der Waals surface area contributed by atoms with Crippen LogP contribution in [0.2, 0.25) is 0 Å². The van der Waals surface area contributed by atoms with Crippen LogP contribution in [0.5, 0.6) is 0 Å². The lowest BCUT2D eigenvalue weighted by molar-refractivity contribution is -0.130. The number of tetrazole rings is 1. The number of rotatable bonds is 15. The predicted molar refractivity (Wildman–Crippen MR) is 198 cm³/mol. The van der Waals surface area contributed by atoms with Gasteiger partial charge in [0.05, 0.1) is 0 Å². The summed E-state index contributed by atoms with van der Waals surface area (Å²) >= 11 is 0. The van der Waals surface area contributed by atoms with E-state index in [1.54, 1.807) is 24.3 Å². The summed E-state index contributed by atoms with van der Waals surface area (Å²) in [6.07, 6.45) is 3.70. The number of benzene rings is 3. The summed E-state index contributed by atoms with van der Waals surface area (Å²) in [5, 5.41) is 23.0. The Kier molecular flexibility index (Phi) is 14.4. The number of nitrogens with zero attached hydrogens (tertiary/aromatic N) is 4. The molecule has 50 heavy (non-hydrogen) atoms. The quantitative estimate of drug-likeness (QED) is 0.121. The van der Waals surface area contributed by atoms with Crippen molar-refractivity contribution in [2.24, 2.45) is 17.6 Å². The molecule has 1 aliphatic carbocycles. The molecule has 0 radical (unpaired) electrons. The molecule has 1 fully saturated rings. The number of aromatic nitrogens is 4. The van der Waals surface area contributed by atoms with Gasteiger partial charge in [-0.2, -0.15) is 5.21 Å². The number of nitrogens with one attached hydrogen (secondary N) is 4. The summed E-state index contributed by atoms with van der Waals surface area (Å²) in [5.74, 6) is 0.285. The molecule has 1 saturated carbocycles. The van der Waals surface area contributed by atoms with E-state index in [4.69, 9.17) is 5.73 Å². The van der Waals surface area contributed by atoms with E-state index in [0.717, 1.165) is 67.6 Å². The van der Waals surface area contributed by atoms with Crippen LogP contribution in [0.3, 0.4) is 0 Å². The van der Waals surface area contributed by atoms with Gasteiger partial charge in [0, 0.05) is 42.2 Å². The Hall–Kier alpha value is -4.65. The Morgan fingerprint density at radius 2 is 1.50 bits per heavy atom. The largest absolute Gasteiger partial charge is 0.351 e. The summed E-state index contributed by atoms with van der Waals surface area (Å²) in [7, 11) is 0. The minimum Gasteiger partial charge on any atom is -0.351 e. The highest BCUT2D eigenvalue weighted by Gasteiger charge is 2.29. The minimum absolute atomic E-state index is 0. The lowest BCUT2D eigenvalue weighted by Gasteiger charge is -2.28. The van der Waals surface area contributed by atoms with Crippen LogP contribution in [-0.2, 0) is 16.0 Å². The molecule has 266 valence electrons. The van der Waals surface area contributed by atoms with Crippen LogP contribution in [0.25, 0.3) is 22.5 Å². The molecule has 0 unspecified atom stereocenters. The molecule has 1 heterocycles. The van der Waals surface area contributed by atoms with Crippen LogP contribution in [0.15, 0.2) is 72.8 Å². The number of carbonyl (C=O) groups excluding carboxylic acids is 3. The van der Waals surface area contributed by atoms with E-state index in [-0.39, 0.29) is 36.0 Å². The average molecular weight is 702 g/mol. The first kappa shape index (κ1) is 38.2. The van der Waals surface area contributed by atoms with Crippen molar-refractivity contribution in [3.63, 3.8) is 0 Å². The molecule has 1 atom stereocenters. The average Bonchev–Trinajstić information content (AvgIpc) is 3.69. The van der Waals surface area contributed by atoms with Crippen LogP contribution < -0.4 is 21.7 Å². The highest BCUT2D eigenvalue weighted by molar-refractivity contribution is 5.98. The van der Waals surface area contributed by atoms with Crippen molar-refractivity contribution in [3.8, 4) is 22.5 Å². The topological polar surface area (TPSA) is 171 Å². The second kappa shape index (κ2) is 18.9. The van der Waals surface area contributed by atoms with Gasteiger partial charge >= 0.3 is 0 Å². The Morgan fingerprint density at radius 3 is 2.08 bits per heavy atom. The van der Waals surface area contributed by atoms with E-state index < -0.39 is 6.04 Å². The van der Waals surface area contributed by atoms with Crippen LogP contribution in [0, 0.1) is 11.8 Å². The summed E-state index contributed by atoms with van der Waals surface area (Å²) < 4.78 is 0. The number of likely N-dealkylation sites (N-methyl/N-ethyl adjacent to an activating group) is 1. The summed E-state index contributed by atoms with van der Waals surface area (Å²) in [6, 6.07) is 21.9. The van der Waals surface area contributed by atoms with Crippen LogP contribution >= 0.6 is 12.4 Å².